The lowest BCUT2D eigenvalue weighted by atomic mass is 9.74. The summed E-state index contributed by atoms with van der Waals surface area (Å²) in [5.74, 6) is 9.43. The van der Waals surface area contributed by atoms with Crippen molar-refractivity contribution in [3.05, 3.63) is 0 Å². The molecule has 0 bridgehead atoms. The van der Waals surface area contributed by atoms with E-state index in [-0.39, 0.29) is 0 Å². The van der Waals surface area contributed by atoms with Gasteiger partial charge >= 0.3 is 0 Å². The van der Waals surface area contributed by atoms with E-state index < -0.39 is 0 Å². The topological polar surface area (TPSA) is 38.0 Å². The Kier molecular flexibility index (Phi) is 4.87. The number of rotatable bonds is 4. The van der Waals surface area contributed by atoms with Gasteiger partial charge in [0, 0.05) is 6.04 Å². The first-order valence-corrected chi connectivity index (χ1v) is 7.70. The van der Waals surface area contributed by atoms with E-state index in [1.807, 2.05) is 0 Å². The van der Waals surface area contributed by atoms with Crippen molar-refractivity contribution >= 4 is 0 Å². The van der Waals surface area contributed by atoms with Gasteiger partial charge in [-0.2, -0.15) is 0 Å². The van der Waals surface area contributed by atoms with Gasteiger partial charge in [-0.3, -0.25) is 11.3 Å². The van der Waals surface area contributed by atoms with Gasteiger partial charge in [0.05, 0.1) is 0 Å². The van der Waals surface area contributed by atoms with Gasteiger partial charge in [0.25, 0.3) is 0 Å². The summed E-state index contributed by atoms with van der Waals surface area (Å²) in [6.45, 7) is 4.74. The molecule has 2 saturated carbocycles. The van der Waals surface area contributed by atoms with Gasteiger partial charge in [0.2, 0.25) is 0 Å². The molecule has 2 rings (SSSR count). The number of hydrazine groups is 1. The zero-order valence-corrected chi connectivity index (χ0v) is 11.6. The number of hydrogen-bond acceptors (Lipinski definition) is 2. The molecule has 0 radical (unpaired) electrons. The Morgan fingerprint density at radius 3 is 2.47 bits per heavy atom. The van der Waals surface area contributed by atoms with Crippen LogP contribution in [0, 0.1) is 23.7 Å². The van der Waals surface area contributed by atoms with Crippen molar-refractivity contribution < 1.29 is 0 Å². The molecule has 0 aromatic heterocycles. The predicted octanol–water partition coefficient (Wildman–Crippen LogP) is 3.47. The summed E-state index contributed by atoms with van der Waals surface area (Å²) in [6, 6.07) is 0.592. The molecule has 5 atom stereocenters. The Bertz CT molecular complexity index is 229. The highest BCUT2D eigenvalue weighted by Gasteiger charge is 2.35. The molecule has 0 spiro atoms. The fourth-order valence-electron chi connectivity index (χ4n) is 4.27. The van der Waals surface area contributed by atoms with Crippen molar-refractivity contribution in [2.75, 3.05) is 0 Å². The van der Waals surface area contributed by atoms with Gasteiger partial charge in [-0.1, -0.05) is 39.5 Å². The average Bonchev–Trinajstić information content (AvgIpc) is 2.79. The van der Waals surface area contributed by atoms with E-state index in [4.69, 9.17) is 5.84 Å². The molecule has 0 aromatic rings. The largest absolute Gasteiger partial charge is 0.271 e. The van der Waals surface area contributed by atoms with Crippen molar-refractivity contribution in [2.24, 2.45) is 29.5 Å². The van der Waals surface area contributed by atoms with Crippen LogP contribution in [0.25, 0.3) is 0 Å². The average molecular weight is 238 g/mol. The maximum atomic E-state index is 5.87. The van der Waals surface area contributed by atoms with Crippen LogP contribution in [0.4, 0.5) is 0 Å². The van der Waals surface area contributed by atoms with Crippen LogP contribution in [0.2, 0.25) is 0 Å². The Balaban J connectivity index is 1.91. The molecule has 0 aliphatic heterocycles. The van der Waals surface area contributed by atoms with Crippen LogP contribution in [0.5, 0.6) is 0 Å². The molecule has 2 nitrogen and oxygen atoms in total. The number of nitrogens with two attached hydrogens (primary N) is 1. The summed E-state index contributed by atoms with van der Waals surface area (Å²) in [4.78, 5) is 0. The second kappa shape index (κ2) is 6.19. The summed E-state index contributed by atoms with van der Waals surface area (Å²) in [6.07, 6.45) is 11.2. The first kappa shape index (κ1) is 13.4. The highest BCUT2D eigenvalue weighted by Crippen LogP contribution is 2.40. The summed E-state index contributed by atoms with van der Waals surface area (Å²) in [5, 5.41) is 0. The maximum Gasteiger partial charge on any atom is 0.0267 e. The van der Waals surface area contributed by atoms with Gasteiger partial charge in [-0.05, 0) is 49.4 Å². The van der Waals surface area contributed by atoms with Gasteiger partial charge in [-0.25, -0.2) is 0 Å². The quantitative estimate of drug-likeness (QED) is 0.581. The van der Waals surface area contributed by atoms with E-state index in [0.717, 1.165) is 23.7 Å². The number of hydrogen-bond donors (Lipinski definition) is 2. The SMILES string of the molecule is CCC1CCC(C(NN)C2CCCC(C)C2)C1. The molecule has 100 valence electrons. The molecule has 0 aromatic carbocycles. The van der Waals surface area contributed by atoms with Crippen LogP contribution in [0.1, 0.15) is 65.2 Å². The van der Waals surface area contributed by atoms with Gasteiger partial charge < -0.3 is 0 Å². The molecule has 2 aliphatic carbocycles. The third kappa shape index (κ3) is 3.23. The second-order valence-electron chi connectivity index (χ2n) is 6.57. The molecule has 3 N–H and O–H groups in total. The van der Waals surface area contributed by atoms with Crippen LogP contribution in [0.15, 0.2) is 0 Å². The van der Waals surface area contributed by atoms with Gasteiger partial charge in [0.1, 0.15) is 0 Å². The van der Waals surface area contributed by atoms with Gasteiger partial charge in [-0.15, -0.1) is 0 Å². The standard InChI is InChI=1S/C15H30N2/c1-3-12-7-8-14(10-12)15(17-16)13-6-4-5-11(2)9-13/h11-15,17H,3-10,16H2,1-2H3. The Hall–Kier alpha value is -0.0800. The third-order valence-corrected chi connectivity index (χ3v) is 5.34. The van der Waals surface area contributed by atoms with Crippen molar-refractivity contribution in [1.29, 1.82) is 0 Å². The van der Waals surface area contributed by atoms with E-state index >= 15 is 0 Å². The van der Waals surface area contributed by atoms with Crippen molar-refractivity contribution in [2.45, 2.75) is 71.3 Å². The van der Waals surface area contributed by atoms with E-state index in [2.05, 4.69) is 19.3 Å². The summed E-state index contributed by atoms with van der Waals surface area (Å²) in [5.41, 5.74) is 3.18. The van der Waals surface area contributed by atoms with E-state index in [9.17, 15) is 0 Å². The van der Waals surface area contributed by atoms with Crippen LogP contribution in [0.3, 0.4) is 0 Å². The summed E-state index contributed by atoms with van der Waals surface area (Å²) >= 11 is 0. The molecule has 5 unspecified atom stereocenters. The Labute approximate surface area is 107 Å². The minimum atomic E-state index is 0.592. The molecule has 2 fully saturated rings. The monoisotopic (exact) mass is 238 g/mol. The Morgan fingerprint density at radius 1 is 1.12 bits per heavy atom. The smallest absolute Gasteiger partial charge is 0.0267 e. The second-order valence-corrected chi connectivity index (χ2v) is 6.57. The van der Waals surface area contributed by atoms with E-state index in [1.165, 1.54) is 51.4 Å². The van der Waals surface area contributed by atoms with Crippen molar-refractivity contribution in [3.8, 4) is 0 Å². The molecular weight excluding hydrogens is 208 g/mol. The van der Waals surface area contributed by atoms with Gasteiger partial charge in [0.15, 0.2) is 0 Å². The molecule has 2 aliphatic rings. The molecule has 2 heteroatoms. The molecule has 0 amide bonds. The van der Waals surface area contributed by atoms with Crippen LogP contribution in [-0.4, -0.2) is 6.04 Å². The lowest BCUT2D eigenvalue weighted by Gasteiger charge is -2.36. The number of nitrogens with one attached hydrogen (secondary N) is 1. The summed E-state index contributed by atoms with van der Waals surface area (Å²) < 4.78 is 0. The molecular formula is C15H30N2. The first-order valence-electron chi connectivity index (χ1n) is 7.70. The van der Waals surface area contributed by atoms with Crippen LogP contribution < -0.4 is 11.3 Å². The lowest BCUT2D eigenvalue weighted by Crippen LogP contribution is -2.46. The fraction of sp³-hybridized carbons (Fsp3) is 1.00. The van der Waals surface area contributed by atoms with E-state index in [1.54, 1.807) is 0 Å². The highest BCUT2D eigenvalue weighted by atomic mass is 15.2. The van der Waals surface area contributed by atoms with E-state index in [0.29, 0.717) is 6.04 Å². The molecule has 17 heavy (non-hydrogen) atoms. The molecule has 0 saturated heterocycles. The fourth-order valence-corrected chi connectivity index (χ4v) is 4.27. The summed E-state index contributed by atoms with van der Waals surface area (Å²) in [7, 11) is 0. The lowest BCUT2D eigenvalue weighted by molar-refractivity contribution is 0.176. The third-order valence-electron chi connectivity index (χ3n) is 5.34. The maximum absolute atomic E-state index is 5.87. The normalized spacial score (nSPS) is 40.4. The minimum Gasteiger partial charge on any atom is -0.271 e. The zero-order chi connectivity index (χ0) is 12.3. The Morgan fingerprint density at radius 2 is 1.88 bits per heavy atom. The highest BCUT2D eigenvalue weighted by molar-refractivity contribution is 4.89. The van der Waals surface area contributed by atoms with Crippen molar-refractivity contribution in [1.82, 2.24) is 5.43 Å². The first-order chi connectivity index (χ1) is 8.24. The predicted molar refractivity (Wildman–Crippen MR) is 73.4 cm³/mol. The minimum absolute atomic E-state index is 0.592. The van der Waals surface area contributed by atoms with Crippen LogP contribution in [-0.2, 0) is 0 Å². The zero-order valence-electron chi connectivity index (χ0n) is 11.6. The van der Waals surface area contributed by atoms with Crippen molar-refractivity contribution in [3.63, 3.8) is 0 Å². The molecule has 0 heterocycles. The van der Waals surface area contributed by atoms with Crippen LogP contribution >= 0.6 is 0 Å².